The second kappa shape index (κ2) is 8.46. The van der Waals surface area contributed by atoms with Crippen LogP contribution in [0.15, 0.2) is 49.7 Å². The average Bonchev–Trinajstić information content (AvgIpc) is 2.84. The van der Waals surface area contributed by atoms with Crippen molar-refractivity contribution in [1.82, 2.24) is 9.78 Å². The van der Waals surface area contributed by atoms with Crippen LogP contribution in [0.2, 0.25) is 0 Å². The van der Waals surface area contributed by atoms with Gasteiger partial charge in [0, 0.05) is 11.9 Å². The fourth-order valence-corrected chi connectivity index (χ4v) is 3.06. The highest BCUT2D eigenvalue weighted by Gasteiger charge is 2.13. The lowest BCUT2D eigenvalue weighted by Gasteiger charge is -2.06. The van der Waals surface area contributed by atoms with E-state index >= 15 is 0 Å². The monoisotopic (exact) mass is 516 g/mol. The molecule has 1 aromatic heterocycles. The molecule has 2 rings (SSSR count). The molecule has 124 valence electrons. The molecule has 1 N–H and O–H groups in total. The third kappa shape index (κ3) is 4.26. The number of nitrogens with zero attached hydrogens (tertiary/aromatic N) is 3. The fourth-order valence-electron chi connectivity index (χ4n) is 1.72. The SMILES string of the molecule is CCOC(=O)C(C#N)=CNc1ccc(-n2nc(Br)c(Br)c2Br)cc1. The molecule has 0 bridgehead atoms. The molecule has 24 heavy (non-hydrogen) atoms. The lowest BCUT2D eigenvalue weighted by atomic mass is 10.2. The maximum Gasteiger partial charge on any atom is 0.350 e. The van der Waals surface area contributed by atoms with Crippen molar-refractivity contribution in [2.24, 2.45) is 0 Å². The molecule has 0 unspecified atom stereocenters. The third-order valence-corrected chi connectivity index (χ3v) is 5.95. The van der Waals surface area contributed by atoms with Gasteiger partial charge in [-0.05, 0) is 79.0 Å². The van der Waals surface area contributed by atoms with E-state index in [-0.39, 0.29) is 12.2 Å². The highest BCUT2D eigenvalue weighted by atomic mass is 79.9. The summed E-state index contributed by atoms with van der Waals surface area (Å²) in [5.74, 6) is -0.653. The molecule has 0 amide bonds. The van der Waals surface area contributed by atoms with Gasteiger partial charge in [0.15, 0.2) is 5.57 Å². The number of esters is 1. The number of halogens is 3. The first-order valence-corrected chi connectivity index (χ1v) is 9.09. The first-order chi connectivity index (χ1) is 11.5. The van der Waals surface area contributed by atoms with Crippen LogP contribution >= 0.6 is 47.8 Å². The van der Waals surface area contributed by atoms with E-state index in [9.17, 15) is 4.79 Å². The smallest absolute Gasteiger partial charge is 0.350 e. The van der Waals surface area contributed by atoms with Gasteiger partial charge in [0.05, 0.1) is 16.8 Å². The zero-order valence-corrected chi connectivity index (χ0v) is 17.1. The minimum Gasteiger partial charge on any atom is -0.462 e. The molecule has 6 nitrogen and oxygen atoms in total. The fraction of sp³-hybridized carbons (Fsp3) is 0.133. The van der Waals surface area contributed by atoms with Crippen LogP contribution in [0.1, 0.15) is 6.92 Å². The minimum absolute atomic E-state index is 0.0939. The molecular formula is C15H11Br3N4O2. The summed E-state index contributed by atoms with van der Waals surface area (Å²) < 4.78 is 8.80. The number of rotatable bonds is 5. The van der Waals surface area contributed by atoms with E-state index in [4.69, 9.17) is 10.00 Å². The second-order valence-corrected chi connectivity index (χ2v) is 6.68. The van der Waals surface area contributed by atoms with Crippen molar-refractivity contribution >= 4 is 59.4 Å². The molecule has 0 aliphatic rings. The number of carbonyl (C=O) groups is 1. The molecule has 1 aromatic carbocycles. The number of hydrogen-bond acceptors (Lipinski definition) is 5. The average molecular weight is 519 g/mol. The first kappa shape index (κ1) is 18.7. The Hall–Kier alpha value is -1.63. The van der Waals surface area contributed by atoms with E-state index < -0.39 is 5.97 Å². The van der Waals surface area contributed by atoms with Crippen molar-refractivity contribution in [3.63, 3.8) is 0 Å². The van der Waals surface area contributed by atoms with Gasteiger partial charge in [-0.3, -0.25) is 0 Å². The molecular weight excluding hydrogens is 508 g/mol. The van der Waals surface area contributed by atoms with Crippen LogP contribution in [0, 0.1) is 11.3 Å². The predicted molar refractivity (Wildman–Crippen MR) is 101 cm³/mol. The number of anilines is 1. The molecule has 0 saturated carbocycles. The van der Waals surface area contributed by atoms with Crippen molar-refractivity contribution in [3.05, 3.63) is 49.7 Å². The number of nitriles is 1. The van der Waals surface area contributed by atoms with E-state index in [2.05, 4.69) is 58.2 Å². The number of ether oxygens (including phenoxy) is 1. The summed E-state index contributed by atoms with van der Waals surface area (Å²) in [4.78, 5) is 11.5. The Labute approximate surface area is 163 Å². The summed E-state index contributed by atoms with van der Waals surface area (Å²) in [6, 6.07) is 9.12. The standard InChI is InChI=1S/C15H11Br3N4O2/c1-2-24-15(23)9(7-19)8-20-10-3-5-11(6-4-10)22-14(18)12(16)13(17)21-22/h3-6,8,20H,2H2,1H3. The van der Waals surface area contributed by atoms with Gasteiger partial charge in [-0.15, -0.1) is 0 Å². The predicted octanol–water partition coefficient (Wildman–Crippen LogP) is 4.54. The molecule has 0 aliphatic heterocycles. The second-order valence-electron chi connectivity index (χ2n) is 4.39. The summed E-state index contributed by atoms with van der Waals surface area (Å²) >= 11 is 10.2. The van der Waals surface area contributed by atoms with Crippen molar-refractivity contribution in [2.45, 2.75) is 6.92 Å². The van der Waals surface area contributed by atoms with Crippen LogP contribution in [0.25, 0.3) is 5.69 Å². The number of aromatic nitrogens is 2. The topological polar surface area (TPSA) is 79.9 Å². The molecule has 0 fully saturated rings. The zero-order valence-electron chi connectivity index (χ0n) is 12.4. The molecule has 0 spiro atoms. The maximum absolute atomic E-state index is 11.5. The van der Waals surface area contributed by atoms with Crippen molar-refractivity contribution in [3.8, 4) is 11.8 Å². The van der Waals surface area contributed by atoms with Gasteiger partial charge in [-0.2, -0.15) is 10.4 Å². The van der Waals surface area contributed by atoms with E-state index in [1.165, 1.54) is 6.20 Å². The Kier molecular flexibility index (Phi) is 6.60. The number of benzene rings is 1. The summed E-state index contributed by atoms with van der Waals surface area (Å²) in [5.41, 5.74) is 1.47. The van der Waals surface area contributed by atoms with Crippen LogP contribution in [-0.2, 0) is 9.53 Å². The minimum atomic E-state index is -0.653. The molecule has 9 heteroatoms. The van der Waals surface area contributed by atoms with Crippen LogP contribution < -0.4 is 5.32 Å². The van der Waals surface area contributed by atoms with E-state index in [0.29, 0.717) is 4.60 Å². The Morgan fingerprint density at radius 2 is 2.04 bits per heavy atom. The summed E-state index contributed by atoms with van der Waals surface area (Å²) in [5, 5.41) is 16.2. The van der Waals surface area contributed by atoms with E-state index in [1.807, 2.05) is 24.3 Å². The number of hydrogen-bond donors (Lipinski definition) is 1. The van der Waals surface area contributed by atoms with Gasteiger partial charge < -0.3 is 10.1 Å². The molecule has 0 saturated heterocycles. The third-order valence-electron chi connectivity index (χ3n) is 2.85. The summed E-state index contributed by atoms with van der Waals surface area (Å²) in [6.07, 6.45) is 1.32. The Bertz CT molecular complexity index is 822. The van der Waals surface area contributed by atoms with Crippen molar-refractivity contribution in [2.75, 3.05) is 11.9 Å². The molecule has 0 radical (unpaired) electrons. The maximum atomic E-state index is 11.5. The molecule has 0 aliphatic carbocycles. The van der Waals surface area contributed by atoms with Crippen molar-refractivity contribution in [1.29, 1.82) is 5.26 Å². The summed E-state index contributed by atoms with van der Waals surface area (Å²) in [7, 11) is 0. The Morgan fingerprint density at radius 3 is 2.54 bits per heavy atom. The summed E-state index contributed by atoms with van der Waals surface area (Å²) in [6.45, 7) is 1.90. The van der Waals surface area contributed by atoms with Crippen molar-refractivity contribution < 1.29 is 9.53 Å². The zero-order chi connectivity index (χ0) is 17.7. The molecule has 1 heterocycles. The van der Waals surface area contributed by atoms with Gasteiger partial charge in [-0.1, -0.05) is 0 Å². The van der Waals surface area contributed by atoms with Gasteiger partial charge in [-0.25, -0.2) is 9.48 Å². The first-order valence-electron chi connectivity index (χ1n) is 6.71. The quantitative estimate of drug-likeness (QED) is 0.357. The van der Waals surface area contributed by atoms with Gasteiger partial charge in [0.25, 0.3) is 0 Å². The van der Waals surface area contributed by atoms with E-state index in [0.717, 1.165) is 20.5 Å². The van der Waals surface area contributed by atoms with Crippen LogP contribution in [-0.4, -0.2) is 22.4 Å². The molecule has 0 atom stereocenters. The Balaban J connectivity index is 2.16. The number of carbonyl (C=O) groups excluding carboxylic acids is 1. The largest absolute Gasteiger partial charge is 0.462 e. The van der Waals surface area contributed by atoms with Crippen LogP contribution in [0.5, 0.6) is 0 Å². The normalized spacial score (nSPS) is 11.0. The number of nitrogens with one attached hydrogen (secondary N) is 1. The Morgan fingerprint density at radius 1 is 1.38 bits per heavy atom. The highest BCUT2D eigenvalue weighted by Crippen LogP contribution is 2.32. The van der Waals surface area contributed by atoms with Gasteiger partial charge >= 0.3 is 5.97 Å². The van der Waals surface area contributed by atoms with E-state index in [1.54, 1.807) is 17.7 Å². The lowest BCUT2D eigenvalue weighted by Crippen LogP contribution is -2.07. The van der Waals surface area contributed by atoms with Crippen LogP contribution in [0.3, 0.4) is 0 Å². The van der Waals surface area contributed by atoms with Crippen LogP contribution in [0.4, 0.5) is 5.69 Å². The van der Waals surface area contributed by atoms with Gasteiger partial charge in [0.2, 0.25) is 0 Å². The van der Waals surface area contributed by atoms with Gasteiger partial charge in [0.1, 0.15) is 15.3 Å². The highest BCUT2D eigenvalue weighted by molar-refractivity contribution is 9.14. The lowest BCUT2D eigenvalue weighted by molar-refractivity contribution is -0.138. The molecule has 2 aromatic rings.